The molecule has 3 rings (SSSR count). The number of furan rings is 1. The van der Waals surface area contributed by atoms with Gasteiger partial charge in [-0.3, -0.25) is 4.79 Å². The molecule has 0 aliphatic heterocycles. The molecule has 0 spiro atoms. The number of thiophene rings is 1. The van der Waals surface area contributed by atoms with Gasteiger partial charge in [0.15, 0.2) is 11.5 Å². The molecule has 0 saturated carbocycles. The molecule has 1 N–H and O–H groups in total. The van der Waals surface area contributed by atoms with Crippen molar-refractivity contribution in [3.05, 3.63) is 52.9 Å². The lowest BCUT2D eigenvalue weighted by atomic mass is 10.3. The second-order valence-corrected chi connectivity index (χ2v) is 5.52. The summed E-state index contributed by atoms with van der Waals surface area (Å²) in [6.07, 6.45) is 0.648. The molecule has 21 heavy (non-hydrogen) atoms. The van der Waals surface area contributed by atoms with Gasteiger partial charge in [0.05, 0.1) is 4.88 Å². The normalized spacial score (nSPS) is 10.7. The van der Waals surface area contributed by atoms with E-state index in [0.29, 0.717) is 18.7 Å². The molecule has 0 fully saturated rings. The van der Waals surface area contributed by atoms with E-state index in [1.54, 1.807) is 17.4 Å². The topological polar surface area (TPSA) is 68.3 Å². The molecule has 6 heteroatoms. The van der Waals surface area contributed by atoms with Crippen molar-refractivity contribution in [1.82, 2.24) is 10.5 Å². The Kier molecular flexibility index (Phi) is 3.87. The maximum absolute atomic E-state index is 12.0. The fourth-order valence-electron chi connectivity index (χ4n) is 1.93. The third-order valence-corrected chi connectivity index (χ3v) is 3.84. The zero-order valence-corrected chi connectivity index (χ0v) is 12.3. The zero-order chi connectivity index (χ0) is 14.7. The molecule has 1 amide bonds. The molecule has 0 aliphatic carbocycles. The van der Waals surface area contributed by atoms with Crippen molar-refractivity contribution in [2.24, 2.45) is 0 Å². The van der Waals surface area contributed by atoms with Gasteiger partial charge in [-0.05, 0) is 30.5 Å². The highest BCUT2D eigenvalue weighted by atomic mass is 32.1. The Hall–Kier alpha value is -2.34. The average molecular weight is 302 g/mol. The van der Waals surface area contributed by atoms with Crippen molar-refractivity contribution in [2.45, 2.75) is 13.3 Å². The molecule has 3 heterocycles. The molecular weight excluding hydrogens is 288 g/mol. The summed E-state index contributed by atoms with van der Waals surface area (Å²) >= 11 is 1.54. The first-order valence-corrected chi connectivity index (χ1v) is 7.44. The molecule has 3 aromatic rings. The lowest BCUT2D eigenvalue weighted by Crippen LogP contribution is -2.25. The number of carbonyl (C=O) groups excluding carboxylic acids is 1. The van der Waals surface area contributed by atoms with E-state index in [9.17, 15) is 4.79 Å². The highest BCUT2D eigenvalue weighted by Crippen LogP contribution is 2.24. The smallest absolute Gasteiger partial charge is 0.273 e. The predicted molar refractivity (Wildman–Crippen MR) is 79.3 cm³/mol. The molecule has 0 atom stereocenters. The highest BCUT2D eigenvalue weighted by Gasteiger charge is 2.13. The van der Waals surface area contributed by atoms with Gasteiger partial charge in [-0.2, -0.15) is 0 Å². The number of carbonyl (C=O) groups is 1. The molecule has 0 radical (unpaired) electrons. The van der Waals surface area contributed by atoms with Crippen molar-refractivity contribution in [3.8, 4) is 10.6 Å². The van der Waals surface area contributed by atoms with Gasteiger partial charge in [-0.15, -0.1) is 11.3 Å². The number of aromatic nitrogens is 1. The maximum Gasteiger partial charge on any atom is 0.273 e. The lowest BCUT2D eigenvalue weighted by Gasteiger charge is -2.00. The highest BCUT2D eigenvalue weighted by molar-refractivity contribution is 7.13. The largest absolute Gasteiger partial charge is 0.466 e. The third kappa shape index (κ3) is 3.22. The van der Waals surface area contributed by atoms with E-state index < -0.39 is 0 Å². The van der Waals surface area contributed by atoms with Gasteiger partial charge in [0.2, 0.25) is 0 Å². The Morgan fingerprint density at radius 3 is 3.00 bits per heavy atom. The van der Waals surface area contributed by atoms with E-state index in [4.69, 9.17) is 8.94 Å². The van der Waals surface area contributed by atoms with Crippen LogP contribution < -0.4 is 5.32 Å². The maximum atomic E-state index is 12.0. The van der Waals surface area contributed by atoms with Gasteiger partial charge < -0.3 is 14.3 Å². The molecule has 108 valence electrons. The van der Waals surface area contributed by atoms with Crippen molar-refractivity contribution in [2.75, 3.05) is 6.54 Å². The number of rotatable bonds is 5. The Balaban J connectivity index is 1.56. The lowest BCUT2D eigenvalue weighted by molar-refractivity contribution is 0.0945. The van der Waals surface area contributed by atoms with Crippen LogP contribution in [0.1, 0.15) is 22.0 Å². The minimum absolute atomic E-state index is 0.246. The van der Waals surface area contributed by atoms with Crippen LogP contribution in [0.2, 0.25) is 0 Å². The van der Waals surface area contributed by atoms with Crippen LogP contribution in [-0.2, 0) is 6.42 Å². The minimum atomic E-state index is -0.246. The number of amides is 1. The monoisotopic (exact) mass is 302 g/mol. The summed E-state index contributed by atoms with van der Waals surface area (Å²) in [6, 6.07) is 9.31. The van der Waals surface area contributed by atoms with Gasteiger partial charge in [-0.1, -0.05) is 11.2 Å². The Labute approximate surface area is 125 Å². The molecule has 5 nitrogen and oxygen atoms in total. The zero-order valence-electron chi connectivity index (χ0n) is 11.5. The van der Waals surface area contributed by atoms with Crippen LogP contribution in [0.25, 0.3) is 10.6 Å². The number of aryl methyl sites for hydroxylation is 1. The summed E-state index contributed by atoms with van der Waals surface area (Å²) < 4.78 is 10.6. The fourth-order valence-corrected chi connectivity index (χ4v) is 2.60. The summed E-state index contributed by atoms with van der Waals surface area (Å²) in [5.74, 6) is 2.09. The van der Waals surface area contributed by atoms with Crippen molar-refractivity contribution >= 4 is 17.2 Å². The molecule has 3 aromatic heterocycles. The van der Waals surface area contributed by atoms with Gasteiger partial charge >= 0.3 is 0 Å². The van der Waals surface area contributed by atoms with Crippen LogP contribution in [-0.4, -0.2) is 17.6 Å². The third-order valence-electron chi connectivity index (χ3n) is 2.96. The number of hydrogen-bond acceptors (Lipinski definition) is 5. The second kappa shape index (κ2) is 5.97. The Bertz CT molecular complexity index is 728. The number of hydrogen-bond donors (Lipinski definition) is 1. The molecule has 0 bridgehead atoms. The number of nitrogens with one attached hydrogen (secondary N) is 1. The molecule has 0 aromatic carbocycles. The van der Waals surface area contributed by atoms with Crippen LogP contribution in [0.3, 0.4) is 0 Å². The summed E-state index contributed by atoms with van der Waals surface area (Å²) in [5.41, 5.74) is 0.286. The predicted octanol–water partition coefficient (Wildman–Crippen LogP) is 3.28. The minimum Gasteiger partial charge on any atom is -0.466 e. The first-order chi connectivity index (χ1) is 10.2. The van der Waals surface area contributed by atoms with Crippen LogP contribution >= 0.6 is 11.3 Å². The van der Waals surface area contributed by atoms with Crippen LogP contribution in [0.5, 0.6) is 0 Å². The van der Waals surface area contributed by atoms with E-state index in [2.05, 4.69) is 10.5 Å². The van der Waals surface area contributed by atoms with E-state index in [1.165, 1.54) is 0 Å². The quantitative estimate of drug-likeness (QED) is 0.785. The standard InChI is InChI=1S/C15H14N2O3S/c1-10-4-5-11(19-10)6-7-16-15(18)12-9-13(20-17-12)14-3-2-8-21-14/h2-5,8-9H,6-7H2,1H3,(H,16,18). The molecule has 0 saturated heterocycles. The Morgan fingerprint density at radius 1 is 1.38 bits per heavy atom. The van der Waals surface area contributed by atoms with Gasteiger partial charge in [0.25, 0.3) is 5.91 Å². The van der Waals surface area contributed by atoms with E-state index in [-0.39, 0.29) is 11.6 Å². The molecule has 0 aliphatic rings. The van der Waals surface area contributed by atoms with E-state index in [0.717, 1.165) is 16.4 Å². The van der Waals surface area contributed by atoms with Gasteiger partial charge in [-0.25, -0.2) is 0 Å². The SMILES string of the molecule is Cc1ccc(CCNC(=O)c2cc(-c3cccs3)on2)o1. The van der Waals surface area contributed by atoms with Crippen LogP contribution in [0, 0.1) is 6.92 Å². The fraction of sp³-hybridized carbons (Fsp3) is 0.200. The summed E-state index contributed by atoms with van der Waals surface area (Å²) in [5, 5.41) is 8.54. The van der Waals surface area contributed by atoms with Gasteiger partial charge in [0.1, 0.15) is 11.5 Å². The summed E-state index contributed by atoms with van der Waals surface area (Å²) in [4.78, 5) is 12.9. The average Bonchev–Trinajstić information content (AvgIpc) is 3.19. The molecule has 0 unspecified atom stereocenters. The first kappa shape index (κ1) is 13.6. The first-order valence-electron chi connectivity index (χ1n) is 6.56. The van der Waals surface area contributed by atoms with Crippen molar-refractivity contribution in [1.29, 1.82) is 0 Å². The van der Waals surface area contributed by atoms with E-state index in [1.807, 2.05) is 36.6 Å². The van der Waals surface area contributed by atoms with Crippen molar-refractivity contribution < 1.29 is 13.7 Å². The second-order valence-electron chi connectivity index (χ2n) is 4.57. The van der Waals surface area contributed by atoms with Crippen LogP contribution in [0.15, 0.2) is 44.7 Å². The summed E-state index contributed by atoms with van der Waals surface area (Å²) in [7, 11) is 0. The Morgan fingerprint density at radius 2 is 2.29 bits per heavy atom. The van der Waals surface area contributed by atoms with Gasteiger partial charge in [0, 0.05) is 19.0 Å². The number of nitrogens with zero attached hydrogens (tertiary/aromatic N) is 1. The summed E-state index contributed by atoms with van der Waals surface area (Å²) in [6.45, 7) is 2.39. The van der Waals surface area contributed by atoms with E-state index >= 15 is 0 Å². The molecular formula is C15H14N2O3S. The van der Waals surface area contributed by atoms with Crippen molar-refractivity contribution in [3.63, 3.8) is 0 Å². The van der Waals surface area contributed by atoms with Crippen LogP contribution in [0.4, 0.5) is 0 Å².